The van der Waals surface area contributed by atoms with Crippen molar-refractivity contribution in [2.75, 3.05) is 11.0 Å². The first-order valence-electron chi connectivity index (χ1n) is 12.0. The van der Waals surface area contributed by atoms with E-state index in [2.05, 4.69) is 14.8 Å². The van der Waals surface area contributed by atoms with Crippen LogP contribution in [0.1, 0.15) is 23.0 Å². The fraction of sp³-hybridized carbons (Fsp3) is 0.192. The highest BCUT2D eigenvalue weighted by atomic mass is 35.5. The standard InChI is InChI=1S/C26H20ClF5N6O3S/c1-37-22-19(7-6-16(27)21(22)23(35-37)36-42(2,40)41)38-24(17(33)10-12-8-13(28)11-14(29)9-12)34-18-5-3-4-15(26(30,31)32)20(18)25(38)39/h3-9,11,17H,10,33H2,1-2H3,(H,35,36). The van der Waals surface area contributed by atoms with Crippen molar-refractivity contribution < 1.29 is 30.4 Å². The molecular weight excluding hydrogens is 607 g/mol. The highest BCUT2D eigenvalue weighted by Gasteiger charge is 2.35. The Kier molecular flexibility index (Phi) is 7.23. The van der Waals surface area contributed by atoms with E-state index in [4.69, 9.17) is 17.3 Å². The summed E-state index contributed by atoms with van der Waals surface area (Å²) in [5, 5.41) is 3.46. The summed E-state index contributed by atoms with van der Waals surface area (Å²) in [6.45, 7) is 0. The summed E-state index contributed by atoms with van der Waals surface area (Å²) in [5.74, 6) is -2.19. The van der Waals surface area contributed by atoms with E-state index in [1.54, 1.807) is 0 Å². The van der Waals surface area contributed by atoms with Crippen LogP contribution in [0, 0.1) is 11.6 Å². The maximum Gasteiger partial charge on any atom is 0.417 e. The number of benzene rings is 3. The van der Waals surface area contributed by atoms with E-state index in [1.807, 2.05) is 0 Å². The maximum absolute atomic E-state index is 14.0. The number of hydrogen-bond donors (Lipinski definition) is 2. The maximum atomic E-state index is 14.0. The van der Waals surface area contributed by atoms with Crippen LogP contribution in [0.4, 0.5) is 27.8 Å². The molecule has 220 valence electrons. The van der Waals surface area contributed by atoms with Crippen LogP contribution >= 0.6 is 11.6 Å². The molecule has 0 aliphatic carbocycles. The summed E-state index contributed by atoms with van der Waals surface area (Å²) < 4.78 is 98.1. The van der Waals surface area contributed by atoms with Crippen molar-refractivity contribution in [3.05, 3.63) is 92.5 Å². The molecule has 0 amide bonds. The molecule has 1 unspecified atom stereocenters. The van der Waals surface area contributed by atoms with Gasteiger partial charge in [-0.3, -0.25) is 18.8 Å². The largest absolute Gasteiger partial charge is 0.417 e. The van der Waals surface area contributed by atoms with Crippen molar-refractivity contribution in [3.63, 3.8) is 0 Å². The molecule has 2 heterocycles. The van der Waals surface area contributed by atoms with Gasteiger partial charge in [-0.2, -0.15) is 18.3 Å². The van der Waals surface area contributed by atoms with Crippen LogP contribution in [0.15, 0.2) is 53.3 Å². The molecule has 0 saturated heterocycles. The molecule has 0 fully saturated rings. The highest BCUT2D eigenvalue weighted by molar-refractivity contribution is 7.92. The molecule has 0 saturated carbocycles. The lowest BCUT2D eigenvalue weighted by Crippen LogP contribution is -2.31. The van der Waals surface area contributed by atoms with Crippen LogP contribution in [0.5, 0.6) is 0 Å². The number of nitrogens with zero attached hydrogens (tertiary/aromatic N) is 4. The monoisotopic (exact) mass is 626 g/mol. The Hall–Kier alpha value is -4.08. The molecule has 42 heavy (non-hydrogen) atoms. The van der Waals surface area contributed by atoms with Gasteiger partial charge < -0.3 is 5.73 Å². The smallest absolute Gasteiger partial charge is 0.321 e. The first-order valence-corrected chi connectivity index (χ1v) is 14.3. The molecule has 0 radical (unpaired) electrons. The number of fused-ring (bicyclic) bond motifs is 2. The van der Waals surface area contributed by atoms with E-state index in [9.17, 15) is 35.2 Å². The minimum Gasteiger partial charge on any atom is -0.321 e. The number of nitrogens with two attached hydrogens (primary N) is 1. The van der Waals surface area contributed by atoms with Crippen LogP contribution in [-0.2, 0) is 29.7 Å². The fourth-order valence-electron chi connectivity index (χ4n) is 4.82. The molecule has 3 N–H and O–H groups in total. The number of aryl methyl sites for hydroxylation is 1. The number of halogens is 6. The minimum atomic E-state index is -4.92. The van der Waals surface area contributed by atoms with Crippen LogP contribution < -0.4 is 16.0 Å². The first-order chi connectivity index (χ1) is 19.5. The Morgan fingerprint density at radius 3 is 2.36 bits per heavy atom. The van der Waals surface area contributed by atoms with Crippen molar-refractivity contribution in [3.8, 4) is 5.69 Å². The predicted molar refractivity (Wildman–Crippen MR) is 147 cm³/mol. The van der Waals surface area contributed by atoms with Crippen molar-refractivity contribution >= 4 is 49.2 Å². The van der Waals surface area contributed by atoms with Gasteiger partial charge in [-0.05, 0) is 48.4 Å². The lowest BCUT2D eigenvalue weighted by Gasteiger charge is -2.21. The number of aromatic nitrogens is 4. The topological polar surface area (TPSA) is 125 Å². The van der Waals surface area contributed by atoms with Gasteiger partial charge in [0.15, 0.2) is 5.82 Å². The molecule has 2 aromatic heterocycles. The molecule has 5 rings (SSSR count). The molecule has 5 aromatic rings. The SMILES string of the molecule is Cn1nc(NS(C)(=O)=O)c2c(Cl)ccc(-n3c(C(N)Cc4cc(F)cc(F)c4)nc4cccc(C(F)(F)F)c4c3=O)c21. The van der Waals surface area contributed by atoms with Crippen LogP contribution in [-0.4, -0.2) is 34.0 Å². The summed E-state index contributed by atoms with van der Waals surface area (Å²) in [7, 11) is -2.44. The van der Waals surface area contributed by atoms with Gasteiger partial charge in [0.2, 0.25) is 10.0 Å². The second kappa shape index (κ2) is 10.3. The molecule has 0 aliphatic rings. The number of hydrogen-bond acceptors (Lipinski definition) is 6. The molecule has 1 atom stereocenters. The number of sulfonamides is 1. The highest BCUT2D eigenvalue weighted by Crippen LogP contribution is 2.37. The van der Waals surface area contributed by atoms with Crippen LogP contribution in [0.3, 0.4) is 0 Å². The third kappa shape index (κ3) is 5.42. The number of rotatable bonds is 6. The third-order valence-electron chi connectivity index (χ3n) is 6.38. The van der Waals surface area contributed by atoms with Crippen molar-refractivity contribution in [2.24, 2.45) is 12.8 Å². The second-order valence-electron chi connectivity index (χ2n) is 9.53. The summed E-state index contributed by atoms with van der Waals surface area (Å²) in [6.07, 6.45) is -4.29. The summed E-state index contributed by atoms with van der Waals surface area (Å²) in [5.41, 5.74) is 3.82. The Balaban J connectivity index is 1.87. The normalized spacial score (nSPS) is 13.2. The number of alkyl halides is 3. The van der Waals surface area contributed by atoms with E-state index in [0.717, 1.165) is 35.1 Å². The zero-order chi connectivity index (χ0) is 30.7. The zero-order valence-corrected chi connectivity index (χ0v) is 23.2. The van der Waals surface area contributed by atoms with Crippen LogP contribution in [0.25, 0.3) is 27.5 Å². The lowest BCUT2D eigenvalue weighted by molar-refractivity contribution is -0.136. The molecular formula is C26H20ClF5N6O3S. The van der Waals surface area contributed by atoms with Crippen molar-refractivity contribution in [1.82, 2.24) is 19.3 Å². The van der Waals surface area contributed by atoms with E-state index in [1.165, 1.54) is 29.9 Å². The Bertz CT molecular complexity index is 2040. The van der Waals surface area contributed by atoms with Gasteiger partial charge in [-0.1, -0.05) is 17.7 Å². The Labute approximate surface area is 239 Å². The fourth-order valence-corrected chi connectivity index (χ4v) is 5.56. The Morgan fingerprint density at radius 2 is 1.74 bits per heavy atom. The predicted octanol–water partition coefficient (Wildman–Crippen LogP) is 4.84. The average Bonchev–Trinajstić information content (AvgIpc) is 3.18. The van der Waals surface area contributed by atoms with Gasteiger partial charge >= 0.3 is 6.18 Å². The average molecular weight is 627 g/mol. The summed E-state index contributed by atoms with van der Waals surface area (Å²) >= 11 is 6.39. The van der Waals surface area contributed by atoms with E-state index < -0.39 is 50.4 Å². The van der Waals surface area contributed by atoms with Gasteiger partial charge in [0.1, 0.15) is 17.5 Å². The molecule has 3 aromatic carbocycles. The van der Waals surface area contributed by atoms with Crippen molar-refractivity contribution in [1.29, 1.82) is 0 Å². The van der Waals surface area contributed by atoms with Gasteiger partial charge in [0, 0.05) is 13.1 Å². The second-order valence-corrected chi connectivity index (χ2v) is 11.7. The number of anilines is 1. The zero-order valence-electron chi connectivity index (χ0n) is 21.7. The van der Waals surface area contributed by atoms with E-state index in [0.29, 0.717) is 6.07 Å². The molecule has 9 nitrogen and oxygen atoms in total. The third-order valence-corrected chi connectivity index (χ3v) is 7.26. The van der Waals surface area contributed by atoms with Crippen molar-refractivity contribution in [2.45, 2.75) is 18.6 Å². The minimum absolute atomic E-state index is 0.0202. The van der Waals surface area contributed by atoms with E-state index in [-0.39, 0.29) is 50.8 Å². The van der Waals surface area contributed by atoms with Gasteiger partial charge in [0.25, 0.3) is 5.56 Å². The molecule has 0 aliphatic heterocycles. The quantitative estimate of drug-likeness (QED) is 0.260. The van der Waals surface area contributed by atoms with Gasteiger partial charge in [-0.25, -0.2) is 22.2 Å². The Morgan fingerprint density at radius 1 is 1.07 bits per heavy atom. The number of nitrogens with one attached hydrogen (secondary N) is 1. The lowest BCUT2D eigenvalue weighted by atomic mass is 10.0. The molecule has 0 bridgehead atoms. The van der Waals surface area contributed by atoms with E-state index >= 15 is 0 Å². The van der Waals surface area contributed by atoms with Gasteiger partial charge in [0.05, 0.1) is 50.4 Å². The van der Waals surface area contributed by atoms with Crippen LogP contribution in [0.2, 0.25) is 5.02 Å². The first kappa shape index (κ1) is 29.4. The summed E-state index contributed by atoms with van der Waals surface area (Å²) in [6, 6.07) is 7.11. The van der Waals surface area contributed by atoms with Gasteiger partial charge in [-0.15, -0.1) is 0 Å². The summed E-state index contributed by atoms with van der Waals surface area (Å²) in [4.78, 5) is 18.4. The molecule has 0 spiro atoms. The molecule has 16 heteroatoms.